The van der Waals surface area contributed by atoms with E-state index in [1.54, 1.807) is 0 Å². The maximum absolute atomic E-state index is 13.1. The quantitative estimate of drug-likeness (QED) is 0.801. The van der Waals surface area contributed by atoms with Crippen molar-refractivity contribution in [1.82, 2.24) is 14.7 Å². The van der Waals surface area contributed by atoms with Crippen LogP contribution in [0.5, 0.6) is 0 Å². The van der Waals surface area contributed by atoms with Crippen LogP contribution in [-0.2, 0) is 16.4 Å². The van der Waals surface area contributed by atoms with Gasteiger partial charge >= 0.3 is 0 Å². The number of nitrogens with zero attached hydrogens (tertiary/aromatic N) is 3. The van der Waals surface area contributed by atoms with Crippen LogP contribution in [0, 0.1) is 19.7 Å². The molecule has 0 radical (unpaired) electrons. The second-order valence-electron chi connectivity index (χ2n) is 7.29. The number of benzene rings is 1. The van der Waals surface area contributed by atoms with Crippen molar-refractivity contribution in [3.63, 3.8) is 0 Å². The first kappa shape index (κ1) is 19.0. The highest BCUT2D eigenvalue weighted by molar-refractivity contribution is 7.91. The standard InChI is InChI=1S/C19H26FN3O2S/c1-13-19(11-22(4)14(2)16-5-7-17(20)8-6-16)15(3)23(21-13)18-9-10-26(24,25)12-18/h5-8,14,18H,9-12H2,1-4H3/t14-,18+/m0/s1. The molecule has 3 rings (SSSR count). The van der Waals surface area contributed by atoms with Gasteiger partial charge in [-0.1, -0.05) is 12.1 Å². The molecule has 1 saturated heterocycles. The molecule has 0 saturated carbocycles. The van der Waals surface area contributed by atoms with Gasteiger partial charge in [-0.3, -0.25) is 9.58 Å². The van der Waals surface area contributed by atoms with Crippen LogP contribution in [0.4, 0.5) is 4.39 Å². The fraction of sp³-hybridized carbons (Fsp3) is 0.526. The average molecular weight is 380 g/mol. The van der Waals surface area contributed by atoms with E-state index in [0.29, 0.717) is 13.0 Å². The van der Waals surface area contributed by atoms with Crippen molar-refractivity contribution in [2.24, 2.45) is 0 Å². The molecule has 0 N–H and O–H groups in total. The summed E-state index contributed by atoms with van der Waals surface area (Å²) in [5.41, 5.74) is 4.15. The predicted molar refractivity (Wildman–Crippen MR) is 100 cm³/mol. The Morgan fingerprint density at radius 3 is 2.54 bits per heavy atom. The molecule has 7 heteroatoms. The smallest absolute Gasteiger partial charge is 0.152 e. The Morgan fingerprint density at radius 2 is 1.96 bits per heavy atom. The zero-order valence-electron chi connectivity index (χ0n) is 15.7. The second kappa shape index (κ2) is 7.12. The molecule has 1 aliphatic heterocycles. The largest absolute Gasteiger partial charge is 0.295 e. The molecule has 142 valence electrons. The van der Waals surface area contributed by atoms with Gasteiger partial charge in [-0.05, 0) is 51.9 Å². The lowest BCUT2D eigenvalue weighted by Gasteiger charge is -2.25. The van der Waals surface area contributed by atoms with E-state index in [-0.39, 0.29) is 29.4 Å². The summed E-state index contributed by atoms with van der Waals surface area (Å²) in [7, 11) is -0.910. The van der Waals surface area contributed by atoms with Crippen LogP contribution in [0.3, 0.4) is 0 Å². The van der Waals surface area contributed by atoms with Crippen molar-refractivity contribution in [2.45, 2.75) is 45.8 Å². The molecule has 5 nitrogen and oxygen atoms in total. The Kier molecular flexibility index (Phi) is 5.21. The van der Waals surface area contributed by atoms with E-state index in [1.165, 1.54) is 12.1 Å². The van der Waals surface area contributed by atoms with Gasteiger partial charge in [0.2, 0.25) is 0 Å². The van der Waals surface area contributed by atoms with Crippen molar-refractivity contribution in [1.29, 1.82) is 0 Å². The number of halogens is 1. The van der Waals surface area contributed by atoms with Gasteiger partial charge in [0.05, 0.1) is 23.2 Å². The van der Waals surface area contributed by atoms with E-state index >= 15 is 0 Å². The van der Waals surface area contributed by atoms with Crippen LogP contribution in [0.25, 0.3) is 0 Å². The predicted octanol–water partition coefficient (Wildman–Crippen LogP) is 3.19. The third-order valence-corrected chi connectivity index (χ3v) is 7.20. The zero-order chi connectivity index (χ0) is 19.1. The minimum atomic E-state index is -2.94. The molecular formula is C19H26FN3O2S. The molecule has 26 heavy (non-hydrogen) atoms. The summed E-state index contributed by atoms with van der Waals surface area (Å²) in [4.78, 5) is 2.19. The molecule has 0 amide bonds. The first-order valence-corrected chi connectivity index (χ1v) is 10.7. The summed E-state index contributed by atoms with van der Waals surface area (Å²) < 4.78 is 38.6. The Labute approximate surface area is 154 Å². The van der Waals surface area contributed by atoms with Crippen molar-refractivity contribution in [3.8, 4) is 0 Å². The third-order valence-electron chi connectivity index (χ3n) is 5.45. The molecule has 1 aromatic heterocycles. The van der Waals surface area contributed by atoms with Gasteiger partial charge in [0.15, 0.2) is 9.84 Å². The lowest BCUT2D eigenvalue weighted by molar-refractivity contribution is 0.252. The summed E-state index contributed by atoms with van der Waals surface area (Å²) in [6.07, 6.45) is 0.631. The highest BCUT2D eigenvalue weighted by atomic mass is 32.2. The summed E-state index contributed by atoms with van der Waals surface area (Å²) >= 11 is 0. The molecule has 1 fully saturated rings. The normalized spacial score (nSPS) is 20.6. The number of hydrogen-bond acceptors (Lipinski definition) is 4. The first-order valence-electron chi connectivity index (χ1n) is 8.88. The minimum absolute atomic E-state index is 0.0627. The van der Waals surface area contributed by atoms with Crippen molar-refractivity contribution >= 4 is 9.84 Å². The van der Waals surface area contributed by atoms with Crippen molar-refractivity contribution in [3.05, 3.63) is 52.6 Å². The molecule has 1 aliphatic rings. The van der Waals surface area contributed by atoms with Crippen LogP contribution >= 0.6 is 0 Å². The van der Waals surface area contributed by atoms with Gasteiger partial charge < -0.3 is 0 Å². The molecule has 2 atom stereocenters. The first-order chi connectivity index (χ1) is 12.2. The maximum atomic E-state index is 13.1. The fourth-order valence-corrected chi connectivity index (χ4v) is 5.32. The molecule has 0 aliphatic carbocycles. The van der Waals surface area contributed by atoms with E-state index in [9.17, 15) is 12.8 Å². The van der Waals surface area contributed by atoms with Gasteiger partial charge in [-0.2, -0.15) is 5.10 Å². The summed E-state index contributed by atoms with van der Waals surface area (Å²) in [6, 6.07) is 6.65. The average Bonchev–Trinajstić information content (AvgIpc) is 3.08. The minimum Gasteiger partial charge on any atom is -0.295 e. The van der Waals surface area contributed by atoms with Gasteiger partial charge in [-0.15, -0.1) is 0 Å². The highest BCUT2D eigenvalue weighted by Gasteiger charge is 2.31. The van der Waals surface area contributed by atoms with Crippen LogP contribution < -0.4 is 0 Å². The number of rotatable bonds is 5. The van der Waals surface area contributed by atoms with Crippen molar-refractivity contribution < 1.29 is 12.8 Å². The Morgan fingerprint density at radius 1 is 1.31 bits per heavy atom. The van der Waals surface area contributed by atoms with Crippen LogP contribution in [-0.4, -0.2) is 41.7 Å². The maximum Gasteiger partial charge on any atom is 0.152 e. The Hall–Kier alpha value is -1.73. The van der Waals surface area contributed by atoms with Crippen LogP contribution in [0.1, 0.15) is 47.9 Å². The molecular weight excluding hydrogens is 353 g/mol. The van der Waals surface area contributed by atoms with E-state index < -0.39 is 9.84 Å². The lowest BCUT2D eigenvalue weighted by Crippen LogP contribution is -2.22. The zero-order valence-corrected chi connectivity index (χ0v) is 16.6. The number of aryl methyl sites for hydroxylation is 1. The Bertz CT molecular complexity index is 890. The Balaban J connectivity index is 1.78. The number of sulfone groups is 1. The number of aromatic nitrogens is 2. The van der Waals surface area contributed by atoms with Gasteiger partial charge in [0.25, 0.3) is 0 Å². The van der Waals surface area contributed by atoms with E-state index in [2.05, 4.69) is 16.9 Å². The van der Waals surface area contributed by atoms with E-state index in [0.717, 1.165) is 22.5 Å². The van der Waals surface area contributed by atoms with Crippen LogP contribution in [0.15, 0.2) is 24.3 Å². The van der Waals surface area contributed by atoms with Crippen LogP contribution in [0.2, 0.25) is 0 Å². The summed E-state index contributed by atoms with van der Waals surface area (Å²) in [6.45, 7) is 6.77. The topological polar surface area (TPSA) is 55.2 Å². The highest BCUT2D eigenvalue weighted by Crippen LogP contribution is 2.28. The van der Waals surface area contributed by atoms with Gasteiger partial charge in [-0.25, -0.2) is 12.8 Å². The van der Waals surface area contributed by atoms with Gasteiger partial charge in [0.1, 0.15) is 5.82 Å². The lowest BCUT2D eigenvalue weighted by atomic mass is 10.1. The van der Waals surface area contributed by atoms with Crippen molar-refractivity contribution in [2.75, 3.05) is 18.6 Å². The summed E-state index contributed by atoms with van der Waals surface area (Å²) in [5.74, 6) is 0.186. The van der Waals surface area contributed by atoms with E-state index in [1.807, 2.05) is 37.7 Å². The van der Waals surface area contributed by atoms with E-state index in [4.69, 9.17) is 0 Å². The number of hydrogen-bond donors (Lipinski definition) is 0. The SMILES string of the molecule is Cc1nn([C@@H]2CCS(=O)(=O)C2)c(C)c1CN(C)[C@@H](C)c1ccc(F)cc1. The molecule has 0 bridgehead atoms. The monoisotopic (exact) mass is 379 g/mol. The second-order valence-corrected chi connectivity index (χ2v) is 9.52. The molecule has 2 heterocycles. The molecule has 2 aromatic rings. The molecule has 0 spiro atoms. The molecule has 1 aromatic carbocycles. The molecule has 0 unspecified atom stereocenters. The van der Waals surface area contributed by atoms with Gasteiger partial charge in [0, 0.05) is 23.8 Å². The fourth-order valence-electron chi connectivity index (χ4n) is 3.63. The third kappa shape index (κ3) is 3.83. The summed E-state index contributed by atoms with van der Waals surface area (Å²) in [5, 5.41) is 4.63.